The van der Waals surface area contributed by atoms with Crippen molar-refractivity contribution in [1.82, 2.24) is 0 Å². The third-order valence-electron chi connectivity index (χ3n) is 2.99. The van der Waals surface area contributed by atoms with E-state index in [4.69, 9.17) is 22.1 Å². The number of nitrogen functional groups attached to an aromatic ring is 1. The molecule has 3 N–H and O–H groups in total. The zero-order valence-electron chi connectivity index (χ0n) is 11.5. The van der Waals surface area contributed by atoms with E-state index in [1.807, 2.05) is 20.0 Å². The van der Waals surface area contributed by atoms with Crippen LogP contribution in [0.1, 0.15) is 13.8 Å². The third-order valence-corrected chi connectivity index (χ3v) is 3.29. The van der Waals surface area contributed by atoms with Crippen LogP contribution in [-0.2, 0) is 4.74 Å². The summed E-state index contributed by atoms with van der Waals surface area (Å²) < 4.78 is 5.30. The molecule has 0 aliphatic carbocycles. The van der Waals surface area contributed by atoms with E-state index in [0.29, 0.717) is 10.7 Å². The molecule has 0 aromatic heterocycles. The van der Waals surface area contributed by atoms with Crippen LogP contribution in [-0.4, -0.2) is 33.4 Å². The summed E-state index contributed by atoms with van der Waals surface area (Å²) in [6.45, 7) is 5.78. The Morgan fingerprint density at radius 1 is 1.50 bits per heavy atom. The van der Waals surface area contributed by atoms with Gasteiger partial charge in [-0.15, -0.1) is 0 Å². The second kappa shape index (κ2) is 6.71. The monoisotopic (exact) mass is 271 g/mol. The topological polar surface area (TPSA) is 50.5 Å². The molecule has 4 nitrogen and oxygen atoms in total. The fraction of sp³-hybridized carbons (Fsp3) is 0.538. The average molecular weight is 272 g/mol. The largest absolute Gasteiger partial charge is 0.397 e. The van der Waals surface area contributed by atoms with Crippen LogP contribution >= 0.6 is 11.6 Å². The number of nitrogens with two attached hydrogens (primary N) is 1. The van der Waals surface area contributed by atoms with Crippen molar-refractivity contribution in [2.45, 2.75) is 20.0 Å². The first-order valence-corrected chi connectivity index (χ1v) is 6.45. The van der Waals surface area contributed by atoms with Crippen LogP contribution in [0.4, 0.5) is 17.1 Å². The Morgan fingerprint density at radius 3 is 2.67 bits per heavy atom. The summed E-state index contributed by atoms with van der Waals surface area (Å²) in [5, 5.41) is 3.73. The zero-order chi connectivity index (χ0) is 13.7. The summed E-state index contributed by atoms with van der Waals surface area (Å²) in [5.74, 6) is 0. The molecular formula is C13H22ClN3O. The summed E-state index contributed by atoms with van der Waals surface area (Å²) in [6, 6.07) is 3.76. The molecule has 0 bridgehead atoms. The van der Waals surface area contributed by atoms with E-state index in [-0.39, 0.29) is 6.10 Å². The van der Waals surface area contributed by atoms with Gasteiger partial charge in [0.15, 0.2) is 0 Å². The number of nitrogens with one attached hydrogen (secondary N) is 1. The predicted molar refractivity (Wildman–Crippen MR) is 79.8 cm³/mol. The van der Waals surface area contributed by atoms with Gasteiger partial charge in [-0.05, 0) is 26.0 Å². The van der Waals surface area contributed by atoms with Crippen molar-refractivity contribution < 1.29 is 4.74 Å². The minimum Gasteiger partial charge on any atom is -0.397 e. The average Bonchev–Trinajstić information content (AvgIpc) is 2.36. The molecule has 0 radical (unpaired) electrons. The number of ether oxygens (including phenoxy) is 1. The van der Waals surface area contributed by atoms with Gasteiger partial charge in [0.1, 0.15) is 0 Å². The van der Waals surface area contributed by atoms with Crippen molar-refractivity contribution in [3.05, 3.63) is 17.2 Å². The Bertz CT molecular complexity index is 398. The summed E-state index contributed by atoms with van der Waals surface area (Å²) >= 11 is 6.27. The van der Waals surface area contributed by atoms with Gasteiger partial charge in [-0.3, -0.25) is 0 Å². The van der Waals surface area contributed by atoms with Crippen molar-refractivity contribution in [1.29, 1.82) is 0 Å². The Morgan fingerprint density at radius 2 is 2.17 bits per heavy atom. The summed E-state index contributed by atoms with van der Waals surface area (Å²) in [4.78, 5) is 2.18. The van der Waals surface area contributed by atoms with Gasteiger partial charge in [-0.2, -0.15) is 0 Å². The Hall–Kier alpha value is -1.13. The number of hydrogen-bond acceptors (Lipinski definition) is 4. The maximum absolute atomic E-state index is 6.27. The fourth-order valence-corrected chi connectivity index (χ4v) is 2.11. The lowest BCUT2D eigenvalue weighted by Crippen LogP contribution is -2.32. The highest BCUT2D eigenvalue weighted by Gasteiger charge is 2.14. The maximum Gasteiger partial charge on any atom is 0.0718 e. The van der Waals surface area contributed by atoms with E-state index in [0.717, 1.165) is 24.5 Å². The minimum atomic E-state index is 0.150. The zero-order valence-corrected chi connectivity index (χ0v) is 12.2. The number of methoxy groups -OCH3 is 1. The number of halogens is 1. The minimum absolute atomic E-state index is 0.150. The lowest BCUT2D eigenvalue weighted by Gasteiger charge is -2.27. The molecule has 18 heavy (non-hydrogen) atoms. The molecule has 0 aliphatic heterocycles. The summed E-state index contributed by atoms with van der Waals surface area (Å²) in [5.41, 5.74) is 8.40. The number of likely N-dealkylation sites (N-methyl/N-ethyl adjacent to an activating group) is 1. The van der Waals surface area contributed by atoms with Gasteiger partial charge in [0.25, 0.3) is 0 Å². The molecule has 0 saturated heterocycles. The van der Waals surface area contributed by atoms with Gasteiger partial charge in [-0.25, -0.2) is 0 Å². The molecule has 102 valence electrons. The normalized spacial score (nSPS) is 12.3. The van der Waals surface area contributed by atoms with Crippen molar-refractivity contribution in [2.75, 3.05) is 43.2 Å². The van der Waals surface area contributed by atoms with E-state index in [9.17, 15) is 0 Å². The molecule has 0 spiro atoms. The van der Waals surface area contributed by atoms with Crippen LogP contribution in [0.25, 0.3) is 0 Å². The Balaban J connectivity index is 3.04. The van der Waals surface area contributed by atoms with Crippen molar-refractivity contribution >= 4 is 28.7 Å². The van der Waals surface area contributed by atoms with Gasteiger partial charge in [0, 0.05) is 27.2 Å². The highest BCUT2D eigenvalue weighted by Crippen LogP contribution is 2.33. The maximum atomic E-state index is 6.27. The van der Waals surface area contributed by atoms with E-state index in [2.05, 4.69) is 17.1 Å². The van der Waals surface area contributed by atoms with Gasteiger partial charge in [0.05, 0.1) is 28.2 Å². The smallest absolute Gasteiger partial charge is 0.0718 e. The van der Waals surface area contributed by atoms with E-state index >= 15 is 0 Å². The van der Waals surface area contributed by atoms with E-state index in [1.165, 1.54) is 0 Å². The highest BCUT2D eigenvalue weighted by molar-refractivity contribution is 6.33. The second-order valence-corrected chi connectivity index (χ2v) is 4.63. The molecule has 1 aromatic carbocycles. The third kappa shape index (κ3) is 3.43. The van der Waals surface area contributed by atoms with Crippen LogP contribution < -0.4 is 16.0 Å². The summed E-state index contributed by atoms with van der Waals surface area (Å²) in [7, 11) is 3.56. The molecular weight excluding hydrogens is 250 g/mol. The molecule has 1 atom stereocenters. The van der Waals surface area contributed by atoms with E-state index in [1.54, 1.807) is 13.2 Å². The van der Waals surface area contributed by atoms with Crippen LogP contribution in [0.2, 0.25) is 5.02 Å². The number of benzene rings is 1. The lowest BCUT2D eigenvalue weighted by atomic mass is 10.2. The van der Waals surface area contributed by atoms with Gasteiger partial charge < -0.3 is 20.7 Å². The van der Waals surface area contributed by atoms with E-state index < -0.39 is 0 Å². The molecule has 0 heterocycles. The number of hydrogen-bond donors (Lipinski definition) is 2. The predicted octanol–water partition coefficient (Wildman–Crippen LogP) is 2.83. The molecule has 0 amide bonds. The standard InChI is InChI=1S/C13H22ClN3O/c1-5-17(8-9(2)18-4)13-7-12(16-3)11(15)6-10(13)14/h6-7,9,16H,5,8,15H2,1-4H3. The first-order valence-electron chi connectivity index (χ1n) is 6.08. The molecule has 1 rings (SSSR count). The second-order valence-electron chi connectivity index (χ2n) is 4.23. The Labute approximate surface area is 114 Å². The lowest BCUT2D eigenvalue weighted by molar-refractivity contribution is 0.123. The highest BCUT2D eigenvalue weighted by atomic mass is 35.5. The quantitative estimate of drug-likeness (QED) is 0.781. The first kappa shape index (κ1) is 14.9. The van der Waals surface area contributed by atoms with Crippen LogP contribution in [0.3, 0.4) is 0 Å². The first-order chi connectivity index (χ1) is 8.53. The SMILES string of the molecule is CCN(CC(C)OC)c1cc(NC)c(N)cc1Cl. The number of rotatable bonds is 6. The molecule has 5 heteroatoms. The molecule has 1 unspecified atom stereocenters. The van der Waals surface area contributed by atoms with Gasteiger partial charge in [0.2, 0.25) is 0 Å². The van der Waals surface area contributed by atoms with Gasteiger partial charge in [-0.1, -0.05) is 11.6 Å². The van der Waals surface area contributed by atoms with Crippen molar-refractivity contribution in [3.8, 4) is 0 Å². The van der Waals surface area contributed by atoms with Crippen molar-refractivity contribution in [2.24, 2.45) is 0 Å². The fourth-order valence-electron chi connectivity index (χ4n) is 1.82. The van der Waals surface area contributed by atoms with Crippen LogP contribution in [0, 0.1) is 0 Å². The van der Waals surface area contributed by atoms with Crippen LogP contribution in [0.5, 0.6) is 0 Å². The van der Waals surface area contributed by atoms with Gasteiger partial charge >= 0.3 is 0 Å². The molecule has 1 aromatic rings. The number of anilines is 3. The van der Waals surface area contributed by atoms with Crippen molar-refractivity contribution in [3.63, 3.8) is 0 Å². The molecule has 0 aliphatic rings. The summed E-state index contributed by atoms with van der Waals surface area (Å²) in [6.07, 6.45) is 0.150. The Kier molecular flexibility index (Phi) is 5.56. The van der Waals surface area contributed by atoms with Crippen LogP contribution in [0.15, 0.2) is 12.1 Å². The molecule has 0 saturated carbocycles. The number of nitrogens with zero attached hydrogens (tertiary/aromatic N) is 1. The molecule has 0 fully saturated rings.